The summed E-state index contributed by atoms with van der Waals surface area (Å²) in [5.74, 6) is 1.99. The molecule has 0 saturated heterocycles. The molecule has 0 spiro atoms. The number of thiocarbonyl (C=S) groups is 1. The van der Waals surface area contributed by atoms with Crippen molar-refractivity contribution in [3.63, 3.8) is 0 Å². The van der Waals surface area contributed by atoms with Gasteiger partial charge in [-0.3, -0.25) is 15.6 Å². The lowest BCUT2D eigenvalue weighted by Gasteiger charge is -2.35. The zero-order valence-corrected chi connectivity index (χ0v) is 16.1. The molecule has 1 amide bonds. The topological polar surface area (TPSA) is 62.4 Å². The van der Waals surface area contributed by atoms with Crippen LogP contribution in [0, 0.1) is 11.8 Å². The number of para-hydroxylation sites is 1. The van der Waals surface area contributed by atoms with E-state index in [0.717, 1.165) is 17.7 Å². The number of aryl methyl sites for hydroxylation is 1. The summed E-state index contributed by atoms with van der Waals surface area (Å²) in [6.45, 7) is 4.55. The molecule has 5 nitrogen and oxygen atoms in total. The number of amides is 1. The fraction of sp³-hybridized carbons (Fsp3) is 0.579. The SMILES string of the molecule is COc1ccccc1CCC(=O)NNC(=S)N[C@@H]1CCC[C@@H](C)[C@H]1C. The van der Waals surface area contributed by atoms with E-state index < -0.39 is 0 Å². The summed E-state index contributed by atoms with van der Waals surface area (Å²) in [5, 5.41) is 3.81. The van der Waals surface area contributed by atoms with Crippen molar-refractivity contribution in [3.8, 4) is 5.75 Å². The van der Waals surface area contributed by atoms with Crippen LogP contribution in [0.4, 0.5) is 0 Å². The number of hydrazine groups is 1. The van der Waals surface area contributed by atoms with Gasteiger partial charge >= 0.3 is 0 Å². The van der Waals surface area contributed by atoms with Crippen LogP contribution in [0.5, 0.6) is 5.75 Å². The fourth-order valence-corrected chi connectivity index (χ4v) is 3.54. The number of ether oxygens (including phenoxy) is 1. The summed E-state index contributed by atoms with van der Waals surface area (Å²) < 4.78 is 5.30. The van der Waals surface area contributed by atoms with Gasteiger partial charge in [-0.15, -0.1) is 0 Å². The van der Waals surface area contributed by atoms with Crippen LogP contribution in [0.25, 0.3) is 0 Å². The lowest BCUT2D eigenvalue weighted by molar-refractivity contribution is -0.121. The van der Waals surface area contributed by atoms with Crippen molar-refractivity contribution in [1.82, 2.24) is 16.2 Å². The lowest BCUT2D eigenvalue weighted by Crippen LogP contribution is -2.52. The van der Waals surface area contributed by atoms with Gasteiger partial charge < -0.3 is 10.1 Å². The van der Waals surface area contributed by atoms with Gasteiger partial charge in [-0.2, -0.15) is 0 Å². The molecule has 2 rings (SSSR count). The average Bonchev–Trinajstić information content (AvgIpc) is 2.62. The highest BCUT2D eigenvalue weighted by Crippen LogP contribution is 2.29. The Labute approximate surface area is 155 Å². The van der Waals surface area contributed by atoms with Crippen molar-refractivity contribution < 1.29 is 9.53 Å². The predicted octanol–water partition coefficient (Wildman–Crippen LogP) is 2.95. The van der Waals surface area contributed by atoms with E-state index in [1.807, 2.05) is 24.3 Å². The maximum atomic E-state index is 12.0. The molecule has 1 fully saturated rings. The third-order valence-corrected chi connectivity index (χ3v) is 5.37. The van der Waals surface area contributed by atoms with Gasteiger partial charge in [0, 0.05) is 12.5 Å². The molecule has 0 aliphatic heterocycles. The van der Waals surface area contributed by atoms with Crippen LogP contribution in [-0.4, -0.2) is 24.2 Å². The van der Waals surface area contributed by atoms with Gasteiger partial charge in [0.1, 0.15) is 5.75 Å². The summed E-state index contributed by atoms with van der Waals surface area (Å²) >= 11 is 5.31. The van der Waals surface area contributed by atoms with Crippen LogP contribution in [0.15, 0.2) is 24.3 Å². The first-order valence-electron chi connectivity index (χ1n) is 8.98. The van der Waals surface area contributed by atoms with Crippen molar-refractivity contribution in [2.45, 2.75) is 52.0 Å². The molecule has 138 valence electrons. The van der Waals surface area contributed by atoms with Gasteiger partial charge in [0.25, 0.3) is 0 Å². The lowest BCUT2D eigenvalue weighted by atomic mass is 9.78. The van der Waals surface area contributed by atoms with Crippen molar-refractivity contribution >= 4 is 23.2 Å². The van der Waals surface area contributed by atoms with Gasteiger partial charge in [-0.25, -0.2) is 0 Å². The Morgan fingerprint density at radius 1 is 1.24 bits per heavy atom. The molecule has 1 saturated carbocycles. The van der Waals surface area contributed by atoms with E-state index in [9.17, 15) is 4.79 Å². The van der Waals surface area contributed by atoms with Crippen molar-refractivity contribution in [2.24, 2.45) is 11.8 Å². The van der Waals surface area contributed by atoms with E-state index in [1.165, 1.54) is 12.8 Å². The van der Waals surface area contributed by atoms with Crippen LogP contribution in [0.3, 0.4) is 0 Å². The van der Waals surface area contributed by atoms with Gasteiger partial charge in [-0.1, -0.05) is 44.9 Å². The molecule has 1 aromatic carbocycles. The number of rotatable bonds is 5. The van der Waals surface area contributed by atoms with Gasteiger partial charge in [0.15, 0.2) is 5.11 Å². The quantitative estimate of drug-likeness (QED) is 0.555. The summed E-state index contributed by atoms with van der Waals surface area (Å²) in [6.07, 6.45) is 4.60. The van der Waals surface area contributed by atoms with E-state index in [0.29, 0.717) is 35.8 Å². The van der Waals surface area contributed by atoms with E-state index >= 15 is 0 Å². The minimum Gasteiger partial charge on any atom is -0.496 e. The average molecular weight is 364 g/mol. The second-order valence-corrected chi connectivity index (χ2v) is 7.24. The van der Waals surface area contributed by atoms with E-state index in [4.69, 9.17) is 17.0 Å². The summed E-state index contributed by atoms with van der Waals surface area (Å²) in [6, 6.07) is 8.10. The highest BCUT2D eigenvalue weighted by Gasteiger charge is 2.27. The molecule has 1 aliphatic carbocycles. The van der Waals surface area contributed by atoms with Crippen LogP contribution >= 0.6 is 12.2 Å². The summed E-state index contributed by atoms with van der Waals surface area (Å²) in [7, 11) is 1.64. The van der Waals surface area contributed by atoms with Gasteiger partial charge in [0.05, 0.1) is 7.11 Å². The Balaban J connectivity index is 1.71. The summed E-state index contributed by atoms with van der Waals surface area (Å²) in [5.41, 5.74) is 6.51. The number of carbonyl (C=O) groups is 1. The third kappa shape index (κ3) is 5.88. The maximum Gasteiger partial charge on any atom is 0.238 e. The monoisotopic (exact) mass is 363 g/mol. The Morgan fingerprint density at radius 3 is 2.76 bits per heavy atom. The molecule has 0 heterocycles. The zero-order valence-electron chi connectivity index (χ0n) is 15.3. The largest absolute Gasteiger partial charge is 0.496 e. The molecule has 3 N–H and O–H groups in total. The second kappa shape index (κ2) is 9.61. The van der Waals surface area contributed by atoms with Crippen LogP contribution in [0.1, 0.15) is 45.1 Å². The van der Waals surface area contributed by atoms with Crippen LogP contribution < -0.4 is 20.9 Å². The number of nitrogens with one attached hydrogen (secondary N) is 3. The van der Waals surface area contributed by atoms with Crippen molar-refractivity contribution in [3.05, 3.63) is 29.8 Å². The van der Waals surface area contributed by atoms with Gasteiger partial charge in [-0.05, 0) is 48.5 Å². The molecule has 3 atom stereocenters. The number of hydrogen-bond donors (Lipinski definition) is 3. The van der Waals surface area contributed by atoms with Crippen molar-refractivity contribution in [1.29, 1.82) is 0 Å². The van der Waals surface area contributed by atoms with Crippen LogP contribution in [0.2, 0.25) is 0 Å². The Bertz CT molecular complexity index is 594. The van der Waals surface area contributed by atoms with E-state index in [-0.39, 0.29) is 5.91 Å². The normalized spacial score (nSPS) is 22.8. The highest BCUT2D eigenvalue weighted by molar-refractivity contribution is 7.80. The molecule has 1 aromatic rings. The fourth-order valence-electron chi connectivity index (χ4n) is 3.34. The zero-order chi connectivity index (χ0) is 18.2. The number of methoxy groups -OCH3 is 1. The molecule has 0 radical (unpaired) electrons. The Kier molecular flexibility index (Phi) is 7.50. The van der Waals surface area contributed by atoms with Gasteiger partial charge in [0.2, 0.25) is 5.91 Å². The molecule has 0 aromatic heterocycles. The Hall–Kier alpha value is -1.82. The minimum atomic E-state index is -0.0971. The van der Waals surface area contributed by atoms with E-state index in [2.05, 4.69) is 30.0 Å². The third-order valence-electron chi connectivity index (χ3n) is 5.15. The predicted molar refractivity (Wildman–Crippen MR) is 104 cm³/mol. The van der Waals surface area contributed by atoms with Crippen LogP contribution in [-0.2, 0) is 11.2 Å². The molecular weight excluding hydrogens is 334 g/mol. The first-order valence-corrected chi connectivity index (χ1v) is 9.39. The molecule has 0 bridgehead atoms. The highest BCUT2D eigenvalue weighted by atomic mass is 32.1. The Morgan fingerprint density at radius 2 is 2.00 bits per heavy atom. The second-order valence-electron chi connectivity index (χ2n) is 6.83. The molecule has 25 heavy (non-hydrogen) atoms. The van der Waals surface area contributed by atoms with E-state index in [1.54, 1.807) is 7.11 Å². The maximum absolute atomic E-state index is 12.0. The summed E-state index contributed by atoms with van der Waals surface area (Å²) in [4.78, 5) is 12.0. The smallest absolute Gasteiger partial charge is 0.238 e. The number of hydrogen-bond acceptors (Lipinski definition) is 3. The standard InChI is InChI=1S/C19H29N3O2S/c1-13-7-6-9-16(14(13)2)20-19(25)22-21-18(23)12-11-15-8-4-5-10-17(15)24-3/h4-5,8,10,13-14,16H,6-7,9,11-12H2,1-3H3,(H,21,23)(H2,20,22,25)/t13-,14-,16-/m1/s1. The first kappa shape index (κ1) is 19.5. The molecular formula is C19H29N3O2S. The first-order chi connectivity index (χ1) is 12.0. The van der Waals surface area contributed by atoms with Crippen molar-refractivity contribution in [2.75, 3.05) is 7.11 Å². The molecule has 0 unspecified atom stereocenters. The minimum absolute atomic E-state index is 0.0971. The molecule has 1 aliphatic rings. The number of benzene rings is 1. The number of carbonyl (C=O) groups excluding carboxylic acids is 1. The molecule has 6 heteroatoms.